The second kappa shape index (κ2) is 11.1. The van der Waals surface area contributed by atoms with Crippen molar-refractivity contribution in [1.29, 1.82) is 0 Å². The molecule has 0 amide bonds. The Hall–Kier alpha value is -0.910. The fourth-order valence-electron chi connectivity index (χ4n) is 2.88. The van der Waals surface area contributed by atoms with Gasteiger partial charge >= 0.3 is 0 Å². The largest absolute Gasteiger partial charge is 0.378 e. The number of piperidine rings is 1. The molecule has 148 valence electrons. The van der Waals surface area contributed by atoms with Crippen molar-refractivity contribution in [2.45, 2.75) is 44.2 Å². The lowest BCUT2D eigenvalue weighted by atomic mass is 10.1. The molecule has 1 aliphatic heterocycles. The Kier molecular flexibility index (Phi) is 9.83. The van der Waals surface area contributed by atoms with E-state index in [2.05, 4.69) is 15.2 Å². The Balaban J connectivity index is 0.00000338. The molecular weight excluding hydrogens is 467 g/mol. The van der Waals surface area contributed by atoms with Gasteiger partial charge in [0.2, 0.25) is 10.0 Å². The van der Waals surface area contributed by atoms with Crippen LogP contribution in [0.3, 0.4) is 0 Å². The number of halogens is 1. The van der Waals surface area contributed by atoms with Crippen LogP contribution in [0, 0.1) is 0 Å². The zero-order valence-corrected chi connectivity index (χ0v) is 18.5. The Morgan fingerprint density at radius 2 is 2.04 bits per heavy atom. The predicted octanol–water partition coefficient (Wildman–Crippen LogP) is 1.92. The monoisotopic (exact) mass is 496 g/mol. The van der Waals surface area contributed by atoms with Crippen LogP contribution in [0.2, 0.25) is 0 Å². The topological polar surface area (TPSA) is 97.0 Å². The number of hydrogen-bond acceptors (Lipinski definition) is 4. The molecular formula is C17H29IN4O3S. The molecule has 1 saturated heterocycles. The molecule has 1 aromatic carbocycles. The standard InChI is InChI=1S/C17H28N4O3S.HI/c1-3-19-17(21-10-8-15(9-11-21)24-4-2)20-13-14-6-5-7-16(12-14)25(18,22)23;/h5-7,12,15H,3-4,8-11,13H2,1-2H3,(H,19,20)(H2,18,22,23);1H. The Bertz CT molecular complexity index is 689. The fraction of sp³-hybridized carbons (Fsp3) is 0.588. The molecule has 7 nitrogen and oxygen atoms in total. The second-order valence-corrected chi connectivity index (χ2v) is 7.57. The van der Waals surface area contributed by atoms with Crippen molar-refractivity contribution in [2.24, 2.45) is 10.1 Å². The Morgan fingerprint density at radius 1 is 1.35 bits per heavy atom. The Labute approximate surface area is 173 Å². The molecule has 1 heterocycles. The number of aliphatic imine (C=N–C) groups is 1. The smallest absolute Gasteiger partial charge is 0.238 e. The fourth-order valence-corrected chi connectivity index (χ4v) is 3.47. The lowest BCUT2D eigenvalue weighted by molar-refractivity contribution is 0.0263. The molecule has 0 aliphatic carbocycles. The van der Waals surface area contributed by atoms with Gasteiger partial charge < -0.3 is 15.0 Å². The second-order valence-electron chi connectivity index (χ2n) is 6.00. The van der Waals surface area contributed by atoms with Gasteiger partial charge in [0.05, 0.1) is 17.5 Å². The molecule has 1 aromatic rings. The van der Waals surface area contributed by atoms with E-state index in [9.17, 15) is 8.42 Å². The highest BCUT2D eigenvalue weighted by atomic mass is 127. The van der Waals surface area contributed by atoms with Crippen LogP contribution in [0.4, 0.5) is 0 Å². The summed E-state index contributed by atoms with van der Waals surface area (Å²) >= 11 is 0. The number of primary sulfonamides is 1. The SMILES string of the molecule is CCNC(=NCc1cccc(S(N)(=O)=O)c1)N1CCC(OCC)CC1.I. The minimum Gasteiger partial charge on any atom is -0.378 e. The summed E-state index contributed by atoms with van der Waals surface area (Å²) in [7, 11) is -3.69. The van der Waals surface area contributed by atoms with Gasteiger partial charge in [-0.15, -0.1) is 24.0 Å². The van der Waals surface area contributed by atoms with Crippen LogP contribution in [-0.2, 0) is 21.3 Å². The highest BCUT2D eigenvalue weighted by molar-refractivity contribution is 14.0. The molecule has 9 heteroatoms. The first kappa shape index (κ1) is 23.1. The summed E-state index contributed by atoms with van der Waals surface area (Å²) in [6.07, 6.45) is 2.30. The average Bonchev–Trinajstić information content (AvgIpc) is 2.59. The van der Waals surface area contributed by atoms with Crippen LogP contribution in [-0.4, -0.2) is 51.6 Å². The van der Waals surface area contributed by atoms with Crippen molar-refractivity contribution >= 4 is 40.0 Å². The van der Waals surface area contributed by atoms with E-state index in [0.29, 0.717) is 12.6 Å². The molecule has 0 atom stereocenters. The summed E-state index contributed by atoms with van der Waals surface area (Å²) in [6, 6.07) is 6.60. The number of hydrogen-bond donors (Lipinski definition) is 2. The number of ether oxygens (including phenoxy) is 1. The quantitative estimate of drug-likeness (QED) is 0.357. The number of nitrogens with one attached hydrogen (secondary N) is 1. The van der Waals surface area contributed by atoms with Gasteiger partial charge in [0, 0.05) is 26.2 Å². The van der Waals surface area contributed by atoms with Crippen molar-refractivity contribution in [3.8, 4) is 0 Å². The highest BCUT2D eigenvalue weighted by Crippen LogP contribution is 2.15. The van der Waals surface area contributed by atoms with Crippen molar-refractivity contribution in [3.63, 3.8) is 0 Å². The van der Waals surface area contributed by atoms with Gasteiger partial charge in [0.15, 0.2) is 5.96 Å². The van der Waals surface area contributed by atoms with Gasteiger partial charge in [-0.25, -0.2) is 18.5 Å². The average molecular weight is 496 g/mol. The number of sulfonamides is 1. The normalized spacial score (nSPS) is 16.3. The number of guanidine groups is 1. The highest BCUT2D eigenvalue weighted by Gasteiger charge is 2.21. The molecule has 0 unspecified atom stereocenters. The van der Waals surface area contributed by atoms with E-state index < -0.39 is 10.0 Å². The van der Waals surface area contributed by atoms with Crippen LogP contribution < -0.4 is 10.5 Å². The van der Waals surface area contributed by atoms with Crippen LogP contribution in [0.5, 0.6) is 0 Å². The summed E-state index contributed by atoms with van der Waals surface area (Å²) in [6.45, 7) is 7.77. The lowest BCUT2D eigenvalue weighted by Crippen LogP contribution is -2.47. The third-order valence-electron chi connectivity index (χ3n) is 4.12. The number of benzene rings is 1. The molecule has 3 N–H and O–H groups in total. The van der Waals surface area contributed by atoms with E-state index >= 15 is 0 Å². The molecule has 0 radical (unpaired) electrons. The number of nitrogens with two attached hydrogens (primary N) is 1. The summed E-state index contributed by atoms with van der Waals surface area (Å²) in [5.41, 5.74) is 0.811. The zero-order valence-electron chi connectivity index (χ0n) is 15.3. The van der Waals surface area contributed by atoms with Crippen molar-refractivity contribution in [1.82, 2.24) is 10.2 Å². The van der Waals surface area contributed by atoms with E-state index in [-0.39, 0.29) is 28.9 Å². The van der Waals surface area contributed by atoms with Crippen LogP contribution in [0.15, 0.2) is 34.2 Å². The first-order valence-electron chi connectivity index (χ1n) is 8.70. The molecule has 0 saturated carbocycles. The minimum atomic E-state index is -3.69. The minimum absolute atomic E-state index is 0. The van der Waals surface area contributed by atoms with Crippen molar-refractivity contribution in [3.05, 3.63) is 29.8 Å². The maximum Gasteiger partial charge on any atom is 0.238 e. The summed E-state index contributed by atoms with van der Waals surface area (Å²) in [4.78, 5) is 6.99. The van der Waals surface area contributed by atoms with Gasteiger partial charge in [-0.1, -0.05) is 12.1 Å². The third-order valence-corrected chi connectivity index (χ3v) is 5.03. The molecule has 2 rings (SSSR count). The van der Waals surface area contributed by atoms with Crippen LogP contribution in [0.1, 0.15) is 32.3 Å². The Morgan fingerprint density at radius 3 is 2.62 bits per heavy atom. The number of rotatable bonds is 6. The van der Waals surface area contributed by atoms with Gasteiger partial charge in [-0.05, 0) is 44.4 Å². The zero-order chi connectivity index (χ0) is 18.3. The summed E-state index contributed by atoms with van der Waals surface area (Å²) in [5, 5.41) is 8.49. The van der Waals surface area contributed by atoms with E-state index in [0.717, 1.165) is 50.6 Å². The molecule has 0 bridgehead atoms. The number of nitrogens with zero attached hydrogens (tertiary/aromatic N) is 2. The summed E-state index contributed by atoms with van der Waals surface area (Å²) in [5.74, 6) is 0.846. The van der Waals surface area contributed by atoms with E-state index in [1.807, 2.05) is 19.9 Å². The van der Waals surface area contributed by atoms with Gasteiger partial charge in [-0.3, -0.25) is 0 Å². The maximum absolute atomic E-state index is 11.5. The number of likely N-dealkylation sites (tertiary alicyclic amines) is 1. The molecule has 0 spiro atoms. The van der Waals surface area contributed by atoms with E-state index in [1.54, 1.807) is 12.1 Å². The van der Waals surface area contributed by atoms with Gasteiger partial charge in [-0.2, -0.15) is 0 Å². The van der Waals surface area contributed by atoms with Gasteiger partial charge in [0.25, 0.3) is 0 Å². The molecule has 0 aromatic heterocycles. The molecule has 1 aliphatic rings. The van der Waals surface area contributed by atoms with Crippen molar-refractivity contribution < 1.29 is 13.2 Å². The lowest BCUT2D eigenvalue weighted by Gasteiger charge is -2.34. The first-order chi connectivity index (χ1) is 11.9. The van der Waals surface area contributed by atoms with Crippen LogP contribution in [0.25, 0.3) is 0 Å². The maximum atomic E-state index is 11.5. The van der Waals surface area contributed by atoms with E-state index in [4.69, 9.17) is 9.88 Å². The third kappa shape index (κ3) is 7.01. The first-order valence-corrected chi connectivity index (χ1v) is 10.2. The predicted molar refractivity (Wildman–Crippen MR) is 114 cm³/mol. The van der Waals surface area contributed by atoms with E-state index in [1.165, 1.54) is 6.07 Å². The summed E-state index contributed by atoms with van der Waals surface area (Å²) < 4.78 is 28.6. The van der Waals surface area contributed by atoms with Crippen LogP contribution >= 0.6 is 24.0 Å². The molecule has 1 fully saturated rings. The van der Waals surface area contributed by atoms with Crippen molar-refractivity contribution in [2.75, 3.05) is 26.2 Å². The van der Waals surface area contributed by atoms with Gasteiger partial charge in [0.1, 0.15) is 0 Å². The molecule has 26 heavy (non-hydrogen) atoms.